The average Bonchev–Trinajstić information content (AvgIpc) is 2.29. The number of hydrogen-bond donors (Lipinski definition) is 2. The van der Waals surface area contributed by atoms with Gasteiger partial charge in [0.25, 0.3) is 0 Å². The van der Waals surface area contributed by atoms with Crippen molar-refractivity contribution in [1.29, 1.82) is 0 Å². The van der Waals surface area contributed by atoms with Gasteiger partial charge in [-0.1, -0.05) is 35.4 Å². The predicted molar refractivity (Wildman–Crippen MR) is 63.9 cm³/mol. The fourth-order valence-corrected chi connectivity index (χ4v) is 0.895. The van der Waals surface area contributed by atoms with Crippen LogP contribution in [0, 0.1) is 13.8 Å². The molecule has 18 heavy (non-hydrogen) atoms. The molecule has 0 fully saturated rings. The number of carboxylic acid groups (broad SMARTS) is 2. The van der Waals surface area contributed by atoms with Gasteiger partial charge >= 0.3 is 12.3 Å². The molecule has 0 heterocycles. The Morgan fingerprint density at radius 1 is 0.889 bits per heavy atom. The molecule has 0 atom stereocenters. The summed E-state index contributed by atoms with van der Waals surface area (Å²) in [5.41, 5.74) is 2.66. The van der Waals surface area contributed by atoms with Crippen molar-refractivity contribution in [2.75, 3.05) is 13.2 Å². The third-order valence-electron chi connectivity index (χ3n) is 1.75. The van der Waals surface area contributed by atoms with Gasteiger partial charge in [0.1, 0.15) is 13.2 Å². The lowest BCUT2D eigenvalue weighted by Gasteiger charge is -1.98. The molecule has 0 aliphatic carbocycles. The van der Waals surface area contributed by atoms with E-state index in [0.717, 1.165) is 0 Å². The molecule has 0 aliphatic heterocycles. The van der Waals surface area contributed by atoms with Crippen molar-refractivity contribution in [2.45, 2.75) is 13.8 Å². The third kappa shape index (κ3) is 10.3. The number of benzene rings is 1. The summed E-state index contributed by atoms with van der Waals surface area (Å²) in [6, 6.07) is 8.48. The zero-order valence-electron chi connectivity index (χ0n) is 10.3. The van der Waals surface area contributed by atoms with Crippen LogP contribution in [-0.4, -0.2) is 35.7 Å². The first-order chi connectivity index (χ1) is 8.41. The molecule has 6 nitrogen and oxygen atoms in total. The normalized spacial score (nSPS) is 8.78. The number of hydrogen-bond acceptors (Lipinski definition) is 4. The molecule has 1 rings (SSSR count). The second-order valence-electron chi connectivity index (χ2n) is 3.38. The monoisotopic (exact) mass is 256 g/mol. The largest absolute Gasteiger partial charge is 0.505 e. The van der Waals surface area contributed by atoms with Gasteiger partial charge in [-0.15, -0.1) is 0 Å². The van der Waals surface area contributed by atoms with Crippen LogP contribution >= 0.6 is 0 Å². The third-order valence-corrected chi connectivity index (χ3v) is 1.75. The van der Waals surface area contributed by atoms with E-state index in [1.807, 2.05) is 0 Å². The Labute approximate surface area is 105 Å². The van der Waals surface area contributed by atoms with Gasteiger partial charge in [0.15, 0.2) is 0 Å². The van der Waals surface area contributed by atoms with Crippen molar-refractivity contribution >= 4 is 12.3 Å². The minimum Gasteiger partial charge on any atom is -0.450 e. The van der Waals surface area contributed by atoms with Crippen LogP contribution in [0.3, 0.4) is 0 Å². The summed E-state index contributed by atoms with van der Waals surface area (Å²) in [6.45, 7) is 3.64. The van der Waals surface area contributed by atoms with E-state index in [4.69, 9.17) is 10.2 Å². The van der Waals surface area contributed by atoms with Gasteiger partial charge in [0, 0.05) is 0 Å². The molecule has 0 spiro atoms. The zero-order valence-corrected chi connectivity index (χ0v) is 10.3. The highest BCUT2D eigenvalue weighted by Gasteiger charge is 1.98. The molecule has 100 valence electrons. The Kier molecular flexibility index (Phi) is 7.76. The zero-order chi connectivity index (χ0) is 14.0. The Bertz CT molecular complexity index is 334. The van der Waals surface area contributed by atoms with Crippen molar-refractivity contribution in [3.8, 4) is 0 Å². The molecular weight excluding hydrogens is 240 g/mol. The lowest BCUT2D eigenvalue weighted by molar-refractivity contribution is 0.0472. The molecule has 0 saturated heterocycles. The van der Waals surface area contributed by atoms with Gasteiger partial charge in [-0.05, 0) is 13.8 Å². The molecule has 0 aromatic heterocycles. The smallest absolute Gasteiger partial charge is 0.450 e. The Morgan fingerprint density at radius 3 is 1.39 bits per heavy atom. The Hall–Kier alpha value is -2.24. The molecule has 2 N–H and O–H groups in total. The highest BCUT2D eigenvalue weighted by atomic mass is 16.7. The van der Waals surface area contributed by atoms with E-state index in [1.165, 1.54) is 11.1 Å². The van der Waals surface area contributed by atoms with Crippen molar-refractivity contribution in [2.24, 2.45) is 0 Å². The molecular formula is C12H16O6. The minimum absolute atomic E-state index is 0.276. The molecule has 0 saturated carbocycles. The lowest BCUT2D eigenvalue weighted by Crippen LogP contribution is -2.10. The topological polar surface area (TPSA) is 93.1 Å². The summed E-state index contributed by atoms with van der Waals surface area (Å²) in [5, 5.41) is 15.7. The van der Waals surface area contributed by atoms with E-state index in [1.54, 1.807) is 0 Å². The van der Waals surface area contributed by atoms with E-state index in [-0.39, 0.29) is 13.2 Å². The average molecular weight is 256 g/mol. The van der Waals surface area contributed by atoms with Crippen LogP contribution in [0.4, 0.5) is 9.59 Å². The van der Waals surface area contributed by atoms with Crippen molar-refractivity contribution in [3.63, 3.8) is 0 Å². The van der Waals surface area contributed by atoms with Crippen LogP contribution < -0.4 is 0 Å². The fourth-order valence-electron chi connectivity index (χ4n) is 0.895. The first kappa shape index (κ1) is 15.8. The van der Waals surface area contributed by atoms with Gasteiger partial charge in [-0.2, -0.15) is 0 Å². The van der Waals surface area contributed by atoms with E-state index in [9.17, 15) is 9.59 Å². The highest BCUT2D eigenvalue weighted by Crippen LogP contribution is 1.99. The quantitative estimate of drug-likeness (QED) is 0.638. The van der Waals surface area contributed by atoms with E-state index < -0.39 is 12.3 Å². The van der Waals surface area contributed by atoms with Crippen molar-refractivity contribution in [1.82, 2.24) is 0 Å². The summed E-state index contributed by atoms with van der Waals surface area (Å²) < 4.78 is 7.84. The first-order valence-corrected chi connectivity index (χ1v) is 5.16. The number of aryl methyl sites for hydroxylation is 2. The van der Waals surface area contributed by atoms with E-state index in [2.05, 4.69) is 47.6 Å². The van der Waals surface area contributed by atoms with Gasteiger partial charge in [-0.25, -0.2) is 9.59 Å². The molecule has 6 heteroatoms. The summed E-state index contributed by atoms with van der Waals surface area (Å²) in [6.07, 6.45) is -2.90. The summed E-state index contributed by atoms with van der Waals surface area (Å²) >= 11 is 0. The van der Waals surface area contributed by atoms with Gasteiger partial charge in [0.05, 0.1) is 0 Å². The molecule has 0 aliphatic rings. The minimum atomic E-state index is -1.45. The van der Waals surface area contributed by atoms with E-state index in [0.29, 0.717) is 0 Å². The summed E-state index contributed by atoms with van der Waals surface area (Å²) in [4.78, 5) is 19.2. The van der Waals surface area contributed by atoms with Gasteiger partial charge in [0.2, 0.25) is 0 Å². The SMILES string of the molecule is Cc1ccc(C)cc1.O=C(O)OCCOC(=O)O. The maximum Gasteiger partial charge on any atom is 0.505 e. The highest BCUT2D eigenvalue weighted by molar-refractivity contribution is 5.57. The molecule has 0 radical (unpaired) electrons. The van der Waals surface area contributed by atoms with Gasteiger partial charge in [-0.3, -0.25) is 0 Å². The van der Waals surface area contributed by atoms with Crippen LogP contribution in [0.1, 0.15) is 11.1 Å². The predicted octanol–water partition coefficient (Wildman–Crippen LogP) is 2.68. The number of carbonyl (C=O) groups is 2. The second-order valence-corrected chi connectivity index (χ2v) is 3.38. The van der Waals surface area contributed by atoms with Crippen LogP contribution in [0.15, 0.2) is 24.3 Å². The maximum atomic E-state index is 9.62. The van der Waals surface area contributed by atoms with E-state index >= 15 is 0 Å². The van der Waals surface area contributed by atoms with Crippen LogP contribution in [0.2, 0.25) is 0 Å². The summed E-state index contributed by atoms with van der Waals surface area (Å²) in [7, 11) is 0. The second kappa shape index (κ2) is 8.86. The summed E-state index contributed by atoms with van der Waals surface area (Å²) in [5.74, 6) is 0. The fraction of sp³-hybridized carbons (Fsp3) is 0.333. The molecule has 0 unspecified atom stereocenters. The first-order valence-electron chi connectivity index (χ1n) is 5.16. The van der Waals surface area contributed by atoms with Crippen LogP contribution in [-0.2, 0) is 9.47 Å². The molecule has 1 aromatic rings. The van der Waals surface area contributed by atoms with Crippen LogP contribution in [0.5, 0.6) is 0 Å². The Morgan fingerprint density at radius 2 is 1.17 bits per heavy atom. The van der Waals surface area contributed by atoms with Crippen LogP contribution in [0.25, 0.3) is 0 Å². The Balaban J connectivity index is 0.000000327. The van der Waals surface area contributed by atoms with Gasteiger partial charge < -0.3 is 19.7 Å². The standard InChI is InChI=1S/C8H10.C4H6O6/c1-7-3-5-8(2)6-4-7;5-3(6)9-1-2-10-4(7)8/h3-6H,1-2H3;1-2H2,(H,5,6)(H,7,8). The molecule has 0 bridgehead atoms. The van der Waals surface area contributed by atoms with Crippen molar-refractivity contribution in [3.05, 3.63) is 35.4 Å². The van der Waals surface area contributed by atoms with Crippen molar-refractivity contribution < 1.29 is 29.3 Å². The lowest BCUT2D eigenvalue weighted by atomic mass is 10.2. The molecule has 0 amide bonds. The number of rotatable bonds is 3. The molecule has 1 aromatic carbocycles. The maximum absolute atomic E-state index is 9.62. The number of ether oxygens (including phenoxy) is 2.